The van der Waals surface area contributed by atoms with E-state index in [1.54, 1.807) is 21.7 Å². The summed E-state index contributed by atoms with van der Waals surface area (Å²) in [4.78, 5) is 33.6. The molecule has 3 fully saturated rings. The van der Waals surface area contributed by atoms with Crippen LogP contribution in [0.1, 0.15) is 17.5 Å². The molecule has 1 aromatic carbocycles. The minimum Gasteiger partial charge on any atom is -0.330 e. The molecule has 9 nitrogen and oxygen atoms in total. The van der Waals surface area contributed by atoms with Crippen LogP contribution in [0.4, 0.5) is 10.6 Å². The molecule has 2 aliphatic heterocycles. The summed E-state index contributed by atoms with van der Waals surface area (Å²) in [6.07, 6.45) is 4.96. The zero-order valence-corrected chi connectivity index (χ0v) is 19.4. The lowest BCUT2D eigenvalue weighted by Crippen LogP contribution is -2.48. The minimum absolute atomic E-state index is 0.219. The number of rotatable bonds is 4. The molecule has 0 bridgehead atoms. The lowest BCUT2D eigenvalue weighted by Gasteiger charge is -2.34. The van der Waals surface area contributed by atoms with Gasteiger partial charge in [-0.05, 0) is 72.9 Å². The third kappa shape index (κ3) is 4.01. The summed E-state index contributed by atoms with van der Waals surface area (Å²) in [5, 5.41) is 5.96. The van der Waals surface area contributed by atoms with E-state index < -0.39 is 5.69 Å². The summed E-state index contributed by atoms with van der Waals surface area (Å²) >= 11 is 0. The van der Waals surface area contributed by atoms with Gasteiger partial charge in [0.1, 0.15) is 5.82 Å². The van der Waals surface area contributed by atoms with Gasteiger partial charge in [-0.2, -0.15) is 4.98 Å². The molecule has 4 aliphatic rings. The number of hydrogen-bond acceptors (Lipinski definition) is 6. The monoisotopic (exact) mass is 463 g/mol. The summed E-state index contributed by atoms with van der Waals surface area (Å²) in [5.41, 5.74) is 9.01. The molecule has 9 heteroatoms. The van der Waals surface area contributed by atoms with Crippen molar-refractivity contribution in [3.8, 4) is 5.69 Å². The van der Waals surface area contributed by atoms with Gasteiger partial charge in [0.05, 0.1) is 5.69 Å². The number of nitrogens with one attached hydrogen (secondary N) is 2. The molecule has 3 heterocycles. The number of carbonyl (C=O) groups excluding carboxylic acids is 1. The Morgan fingerprint density at radius 1 is 1.15 bits per heavy atom. The molecule has 180 valence electrons. The zero-order chi connectivity index (χ0) is 23.2. The van der Waals surface area contributed by atoms with Gasteiger partial charge in [0.25, 0.3) is 0 Å². The van der Waals surface area contributed by atoms with E-state index >= 15 is 0 Å². The Kier molecular flexibility index (Phi) is 5.63. The number of anilines is 1. The number of benzene rings is 1. The molecule has 4 atom stereocenters. The van der Waals surface area contributed by atoms with Crippen molar-refractivity contribution in [3.05, 3.63) is 52.1 Å². The number of amides is 2. The topological polar surface area (TPSA) is 109 Å². The first-order valence-corrected chi connectivity index (χ1v) is 12.5. The maximum Gasteiger partial charge on any atom is 0.354 e. The van der Waals surface area contributed by atoms with Crippen LogP contribution in [0, 0.1) is 17.8 Å². The molecular formula is C25H33N7O2. The summed E-state index contributed by atoms with van der Waals surface area (Å²) in [5.74, 6) is 2.71. The maximum absolute atomic E-state index is 12.7. The molecule has 2 amide bonds. The molecule has 1 aromatic heterocycles. The van der Waals surface area contributed by atoms with E-state index in [1.165, 1.54) is 24.2 Å². The van der Waals surface area contributed by atoms with Crippen molar-refractivity contribution in [3.63, 3.8) is 0 Å². The number of likely N-dealkylation sites (tertiary alicyclic amines) is 1. The van der Waals surface area contributed by atoms with Gasteiger partial charge in [-0.1, -0.05) is 6.07 Å². The van der Waals surface area contributed by atoms with Crippen LogP contribution in [0.3, 0.4) is 0 Å². The first-order chi connectivity index (χ1) is 16.6. The van der Waals surface area contributed by atoms with Crippen molar-refractivity contribution in [1.82, 2.24) is 24.7 Å². The fourth-order valence-corrected chi connectivity index (χ4v) is 6.24. The van der Waals surface area contributed by atoms with Crippen molar-refractivity contribution in [1.29, 1.82) is 0 Å². The number of hydrogen-bond donors (Lipinski definition) is 3. The first kappa shape index (κ1) is 21.8. The van der Waals surface area contributed by atoms with Gasteiger partial charge in [0.15, 0.2) is 0 Å². The lowest BCUT2D eigenvalue weighted by atomic mass is 9.87. The average Bonchev–Trinajstić information content (AvgIpc) is 3.34. The van der Waals surface area contributed by atoms with Crippen LogP contribution in [0.15, 0.2) is 35.3 Å². The minimum atomic E-state index is -0.391. The Labute approximate surface area is 199 Å². The molecule has 34 heavy (non-hydrogen) atoms. The number of piperazine rings is 1. The number of urea groups is 1. The van der Waals surface area contributed by atoms with Crippen molar-refractivity contribution < 1.29 is 4.79 Å². The van der Waals surface area contributed by atoms with E-state index in [0.717, 1.165) is 62.3 Å². The normalized spacial score (nSPS) is 28.3. The van der Waals surface area contributed by atoms with Crippen molar-refractivity contribution in [2.75, 3.05) is 51.1 Å². The second-order valence-corrected chi connectivity index (χ2v) is 10.2. The molecule has 2 unspecified atom stereocenters. The number of piperidine rings is 1. The summed E-state index contributed by atoms with van der Waals surface area (Å²) < 4.78 is 1.55. The highest BCUT2D eigenvalue weighted by Gasteiger charge is 2.55. The average molecular weight is 464 g/mol. The van der Waals surface area contributed by atoms with E-state index in [9.17, 15) is 9.59 Å². The number of aromatic nitrogens is 2. The molecule has 0 spiro atoms. The molecule has 1 saturated carbocycles. The quantitative estimate of drug-likeness (QED) is 0.615. The second-order valence-electron chi connectivity index (χ2n) is 10.2. The van der Waals surface area contributed by atoms with E-state index in [2.05, 4.69) is 32.7 Å². The van der Waals surface area contributed by atoms with Crippen LogP contribution in [0.5, 0.6) is 0 Å². The number of carbonyl (C=O) groups is 1. The Balaban J connectivity index is 1.12. The number of nitrogens with zero attached hydrogens (tertiary/aromatic N) is 4. The number of nitrogens with two attached hydrogens (primary N) is 1. The molecular weight excluding hydrogens is 430 g/mol. The smallest absolute Gasteiger partial charge is 0.330 e. The van der Waals surface area contributed by atoms with E-state index in [1.807, 2.05) is 6.07 Å². The van der Waals surface area contributed by atoms with Crippen molar-refractivity contribution >= 4 is 11.8 Å². The van der Waals surface area contributed by atoms with Gasteiger partial charge in [-0.3, -0.25) is 14.8 Å². The predicted octanol–water partition coefficient (Wildman–Crippen LogP) is 0.663. The van der Waals surface area contributed by atoms with Gasteiger partial charge in [-0.15, -0.1) is 0 Å². The van der Waals surface area contributed by atoms with Crippen molar-refractivity contribution in [2.24, 2.45) is 23.5 Å². The molecule has 6 rings (SSSR count). The third-order valence-electron chi connectivity index (χ3n) is 8.30. The third-order valence-corrected chi connectivity index (χ3v) is 8.30. The Morgan fingerprint density at radius 2 is 1.94 bits per heavy atom. The Morgan fingerprint density at radius 3 is 2.68 bits per heavy atom. The number of aryl methyl sites for hydroxylation is 1. The van der Waals surface area contributed by atoms with Crippen LogP contribution >= 0.6 is 0 Å². The van der Waals surface area contributed by atoms with Crippen LogP contribution < -0.4 is 22.1 Å². The van der Waals surface area contributed by atoms with Crippen LogP contribution in [-0.2, 0) is 12.8 Å². The largest absolute Gasteiger partial charge is 0.354 e. The molecule has 2 aromatic rings. The standard InChI is InChI=1S/C25H33N7O2/c26-13-20-21-14-31(15-22(20)21)18-3-1-17-12-19(4-2-16(17)11-18)32-8-5-23(29-25(32)34)28-24(33)30-9-6-27-7-10-30/h2,4-5,8,12,18,20-22,27H,1,3,6-7,9-11,13-15,26H2,(H,28,29,33,34)/t18?,20?,21-,22+. The van der Waals surface area contributed by atoms with Crippen LogP contribution in [0.2, 0.25) is 0 Å². The summed E-state index contributed by atoms with van der Waals surface area (Å²) in [7, 11) is 0. The highest BCUT2D eigenvalue weighted by molar-refractivity contribution is 5.88. The Bertz CT molecular complexity index is 1130. The Hall–Kier alpha value is -2.75. The second kappa shape index (κ2) is 8.79. The predicted molar refractivity (Wildman–Crippen MR) is 130 cm³/mol. The van der Waals surface area contributed by atoms with Gasteiger partial charge < -0.3 is 16.0 Å². The fourth-order valence-electron chi connectivity index (χ4n) is 6.24. The van der Waals surface area contributed by atoms with E-state index in [-0.39, 0.29) is 11.8 Å². The fraction of sp³-hybridized carbons (Fsp3) is 0.560. The molecule has 2 aliphatic carbocycles. The van der Waals surface area contributed by atoms with Gasteiger partial charge in [-0.25, -0.2) is 9.59 Å². The zero-order valence-electron chi connectivity index (χ0n) is 19.4. The maximum atomic E-state index is 12.7. The van der Waals surface area contributed by atoms with Crippen LogP contribution in [-0.4, -0.2) is 77.2 Å². The highest BCUT2D eigenvalue weighted by atomic mass is 16.2. The van der Waals surface area contributed by atoms with E-state index in [4.69, 9.17) is 5.73 Å². The van der Waals surface area contributed by atoms with Gasteiger partial charge in [0, 0.05) is 51.5 Å². The van der Waals surface area contributed by atoms with E-state index in [0.29, 0.717) is 19.1 Å². The van der Waals surface area contributed by atoms with Crippen molar-refractivity contribution in [2.45, 2.75) is 25.3 Å². The summed E-state index contributed by atoms with van der Waals surface area (Å²) in [6.45, 7) is 6.10. The lowest BCUT2D eigenvalue weighted by molar-refractivity contribution is 0.191. The first-order valence-electron chi connectivity index (χ1n) is 12.5. The molecule has 4 N–H and O–H groups in total. The van der Waals surface area contributed by atoms with Crippen LogP contribution in [0.25, 0.3) is 5.69 Å². The molecule has 0 radical (unpaired) electrons. The highest BCUT2D eigenvalue weighted by Crippen LogP contribution is 2.52. The molecule has 2 saturated heterocycles. The van der Waals surface area contributed by atoms with Gasteiger partial charge in [0.2, 0.25) is 0 Å². The summed E-state index contributed by atoms with van der Waals surface area (Å²) in [6, 6.07) is 8.39. The van der Waals surface area contributed by atoms with Gasteiger partial charge >= 0.3 is 11.7 Å². The number of fused-ring (bicyclic) bond motifs is 2. The SMILES string of the molecule is NCC1[C@H]2CN(C3CCc4cc(-n5ccc(NC(=O)N6CCNCC6)nc5=O)ccc4C3)C[C@@H]12.